The molecule has 2 heteroatoms. The molecule has 0 bridgehead atoms. The maximum atomic E-state index is 5.83. The number of nitrogens with two attached hydrogens (primary N) is 1. The number of rotatable bonds is 1. The van der Waals surface area contributed by atoms with Crippen molar-refractivity contribution in [3.8, 4) is 0 Å². The first-order chi connectivity index (χ1) is 4.86. The number of hydrogen-bond acceptors (Lipinski definition) is 2. The maximum absolute atomic E-state index is 5.83. The molecule has 0 aromatic carbocycles. The second-order valence-corrected chi connectivity index (χ2v) is 4.09. The van der Waals surface area contributed by atoms with E-state index in [0.717, 1.165) is 17.9 Å². The number of likely N-dealkylation sites (tertiary alicyclic amines) is 1. The average molecular weight is 138 g/mol. The molecule has 2 unspecified atom stereocenters. The second-order valence-electron chi connectivity index (χ2n) is 4.09. The summed E-state index contributed by atoms with van der Waals surface area (Å²) in [5, 5.41) is 0. The summed E-state index contributed by atoms with van der Waals surface area (Å²) in [6, 6.07) is 1.55. The SMILES string of the molecule is NC1C2CN(C3CC3)CC12. The Hall–Kier alpha value is -0.0800. The van der Waals surface area contributed by atoms with E-state index in [2.05, 4.69) is 4.90 Å². The molecule has 0 amide bonds. The predicted octanol–water partition coefficient (Wildman–Crippen LogP) is 0.0377. The van der Waals surface area contributed by atoms with Gasteiger partial charge in [0.2, 0.25) is 0 Å². The van der Waals surface area contributed by atoms with Crippen LogP contribution in [0.5, 0.6) is 0 Å². The summed E-state index contributed by atoms with van der Waals surface area (Å²) >= 11 is 0. The van der Waals surface area contributed by atoms with E-state index in [0.29, 0.717) is 6.04 Å². The van der Waals surface area contributed by atoms with E-state index in [-0.39, 0.29) is 0 Å². The molecule has 2 aliphatic carbocycles. The van der Waals surface area contributed by atoms with E-state index in [1.165, 1.54) is 25.9 Å². The van der Waals surface area contributed by atoms with Crippen molar-refractivity contribution in [1.29, 1.82) is 0 Å². The van der Waals surface area contributed by atoms with Crippen molar-refractivity contribution in [2.24, 2.45) is 17.6 Å². The molecule has 3 aliphatic rings. The van der Waals surface area contributed by atoms with Gasteiger partial charge in [-0.25, -0.2) is 0 Å². The van der Waals surface area contributed by atoms with Crippen molar-refractivity contribution >= 4 is 0 Å². The van der Waals surface area contributed by atoms with E-state index in [4.69, 9.17) is 5.73 Å². The van der Waals surface area contributed by atoms with Gasteiger partial charge < -0.3 is 5.73 Å². The van der Waals surface area contributed by atoms with Gasteiger partial charge in [-0.2, -0.15) is 0 Å². The van der Waals surface area contributed by atoms with Crippen molar-refractivity contribution in [1.82, 2.24) is 4.90 Å². The van der Waals surface area contributed by atoms with Gasteiger partial charge >= 0.3 is 0 Å². The maximum Gasteiger partial charge on any atom is 0.0127 e. The van der Waals surface area contributed by atoms with Crippen LogP contribution in [-0.2, 0) is 0 Å². The summed E-state index contributed by atoms with van der Waals surface area (Å²) in [5.41, 5.74) is 5.83. The Morgan fingerprint density at radius 2 is 1.70 bits per heavy atom. The van der Waals surface area contributed by atoms with Crippen molar-refractivity contribution < 1.29 is 0 Å². The van der Waals surface area contributed by atoms with Crippen LogP contribution in [0.3, 0.4) is 0 Å². The molecule has 2 N–H and O–H groups in total. The van der Waals surface area contributed by atoms with Crippen molar-refractivity contribution in [3.63, 3.8) is 0 Å². The molecule has 1 heterocycles. The third kappa shape index (κ3) is 0.611. The Morgan fingerprint density at radius 3 is 2.20 bits per heavy atom. The lowest BCUT2D eigenvalue weighted by Gasteiger charge is -2.16. The Morgan fingerprint density at radius 1 is 1.10 bits per heavy atom. The van der Waals surface area contributed by atoms with Gasteiger partial charge in [-0.15, -0.1) is 0 Å². The van der Waals surface area contributed by atoms with Gasteiger partial charge in [0.1, 0.15) is 0 Å². The highest BCUT2D eigenvalue weighted by Gasteiger charge is 2.55. The Balaban J connectivity index is 1.66. The fourth-order valence-electron chi connectivity index (χ4n) is 2.34. The highest BCUT2D eigenvalue weighted by molar-refractivity contribution is 5.10. The highest BCUT2D eigenvalue weighted by atomic mass is 15.2. The van der Waals surface area contributed by atoms with Crippen molar-refractivity contribution in [2.45, 2.75) is 24.9 Å². The first-order valence-electron chi connectivity index (χ1n) is 4.36. The molecular weight excluding hydrogens is 124 g/mol. The lowest BCUT2D eigenvalue weighted by atomic mass is 10.4. The fraction of sp³-hybridized carbons (Fsp3) is 1.00. The molecule has 2 nitrogen and oxygen atoms in total. The lowest BCUT2D eigenvalue weighted by molar-refractivity contribution is 0.288. The summed E-state index contributed by atoms with van der Waals surface area (Å²) in [6.07, 6.45) is 2.91. The molecular formula is C8H14N2. The molecule has 0 aromatic heterocycles. The van der Waals surface area contributed by atoms with Crippen molar-refractivity contribution in [3.05, 3.63) is 0 Å². The fourth-order valence-corrected chi connectivity index (χ4v) is 2.34. The molecule has 0 spiro atoms. The van der Waals surface area contributed by atoms with Crippen LogP contribution >= 0.6 is 0 Å². The lowest BCUT2D eigenvalue weighted by Crippen LogP contribution is -2.29. The van der Waals surface area contributed by atoms with Gasteiger partial charge in [0.05, 0.1) is 0 Å². The van der Waals surface area contributed by atoms with Crippen LogP contribution in [0.4, 0.5) is 0 Å². The van der Waals surface area contributed by atoms with Gasteiger partial charge in [0, 0.05) is 25.2 Å². The molecule has 1 aliphatic heterocycles. The number of nitrogens with zero attached hydrogens (tertiary/aromatic N) is 1. The summed E-state index contributed by atoms with van der Waals surface area (Å²) in [5.74, 6) is 1.78. The summed E-state index contributed by atoms with van der Waals surface area (Å²) in [6.45, 7) is 2.63. The van der Waals surface area contributed by atoms with E-state index < -0.39 is 0 Å². The predicted molar refractivity (Wildman–Crippen MR) is 39.6 cm³/mol. The third-order valence-corrected chi connectivity index (χ3v) is 3.35. The second kappa shape index (κ2) is 1.56. The highest BCUT2D eigenvalue weighted by Crippen LogP contribution is 2.47. The van der Waals surface area contributed by atoms with Gasteiger partial charge in [-0.3, -0.25) is 4.90 Å². The largest absolute Gasteiger partial charge is 0.327 e. The molecule has 3 fully saturated rings. The Kier molecular flexibility index (Phi) is 0.868. The van der Waals surface area contributed by atoms with E-state index in [1.54, 1.807) is 0 Å². The molecule has 56 valence electrons. The molecule has 10 heavy (non-hydrogen) atoms. The van der Waals surface area contributed by atoms with Crippen LogP contribution in [0.2, 0.25) is 0 Å². The smallest absolute Gasteiger partial charge is 0.0127 e. The molecule has 0 aromatic rings. The minimum absolute atomic E-state index is 0.579. The average Bonchev–Trinajstić information content (AvgIpc) is 2.79. The van der Waals surface area contributed by atoms with Crippen LogP contribution in [0.25, 0.3) is 0 Å². The van der Waals surface area contributed by atoms with E-state index in [9.17, 15) is 0 Å². The van der Waals surface area contributed by atoms with Crippen molar-refractivity contribution in [2.75, 3.05) is 13.1 Å². The van der Waals surface area contributed by atoms with Gasteiger partial charge in [-0.05, 0) is 24.7 Å². The van der Waals surface area contributed by atoms with E-state index >= 15 is 0 Å². The van der Waals surface area contributed by atoms with Crippen LogP contribution in [-0.4, -0.2) is 30.1 Å². The zero-order valence-electron chi connectivity index (χ0n) is 6.16. The molecule has 1 saturated heterocycles. The minimum atomic E-state index is 0.579. The summed E-state index contributed by atoms with van der Waals surface area (Å²) in [7, 11) is 0. The molecule has 2 atom stereocenters. The van der Waals surface area contributed by atoms with Crippen LogP contribution < -0.4 is 5.73 Å². The monoisotopic (exact) mass is 138 g/mol. The quantitative estimate of drug-likeness (QED) is 0.554. The Bertz CT molecular complexity index is 153. The third-order valence-electron chi connectivity index (χ3n) is 3.35. The van der Waals surface area contributed by atoms with Gasteiger partial charge in [0.15, 0.2) is 0 Å². The first-order valence-corrected chi connectivity index (χ1v) is 4.36. The zero-order chi connectivity index (χ0) is 6.72. The van der Waals surface area contributed by atoms with Crippen LogP contribution in [0, 0.1) is 11.8 Å². The number of piperidine rings is 1. The van der Waals surface area contributed by atoms with Crippen LogP contribution in [0.15, 0.2) is 0 Å². The summed E-state index contributed by atoms with van der Waals surface area (Å²) < 4.78 is 0. The zero-order valence-corrected chi connectivity index (χ0v) is 6.16. The Labute approximate surface area is 61.4 Å². The molecule has 0 radical (unpaired) electrons. The van der Waals surface area contributed by atoms with Crippen LogP contribution in [0.1, 0.15) is 12.8 Å². The van der Waals surface area contributed by atoms with Gasteiger partial charge in [-0.1, -0.05) is 0 Å². The first kappa shape index (κ1) is 5.56. The number of hydrogen-bond donors (Lipinski definition) is 1. The number of fused-ring (bicyclic) bond motifs is 1. The summed E-state index contributed by atoms with van der Waals surface area (Å²) in [4.78, 5) is 2.64. The minimum Gasteiger partial charge on any atom is -0.327 e. The molecule has 2 saturated carbocycles. The van der Waals surface area contributed by atoms with Gasteiger partial charge in [0.25, 0.3) is 0 Å². The van der Waals surface area contributed by atoms with E-state index in [1.807, 2.05) is 0 Å². The topological polar surface area (TPSA) is 29.3 Å². The standard InChI is InChI=1S/C8H14N2/c9-8-6-3-10(4-7(6)8)5-1-2-5/h5-8H,1-4,9H2. The molecule has 3 rings (SSSR count). The normalized spacial score (nSPS) is 53.1.